The van der Waals surface area contributed by atoms with Gasteiger partial charge in [-0.2, -0.15) is 0 Å². The number of hydrogen-bond acceptors (Lipinski definition) is 6. The molecule has 2 N–H and O–H groups in total. The second-order valence-corrected chi connectivity index (χ2v) is 14.8. The maximum atomic E-state index is 14.5. The van der Waals surface area contributed by atoms with Crippen LogP contribution < -0.4 is 14.8 Å². The van der Waals surface area contributed by atoms with E-state index in [1.54, 1.807) is 23.6 Å². The van der Waals surface area contributed by atoms with E-state index in [2.05, 4.69) is 5.32 Å². The number of piperazine rings is 1. The molecule has 2 atom stereocenters. The van der Waals surface area contributed by atoms with Gasteiger partial charge in [0.2, 0.25) is 5.91 Å². The maximum Gasteiger partial charge on any atom is 0.309 e. The third kappa shape index (κ3) is 9.25. The van der Waals surface area contributed by atoms with Crippen molar-refractivity contribution in [3.05, 3.63) is 98.5 Å². The molecular weight excluding hydrogens is 689 g/mol. The quantitative estimate of drug-likeness (QED) is 0.167. The highest BCUT2D eigenvalue weighted by Crippen LogP contribution is 2.36. The van der Waals surface area contributed by atoms with Crippen LogP contribution in [0.3, 0.4) is 0 Å². The molecule has 2 aliphatic rings. The minimum absolute atomic E-state index is 0.0734. The predicted octanol–water partition coefficient (Wildman–Crippen LogP) is 7.33. The van der Waals surface area contributed by atoms with Crippen molar-refractivity contribution in [2.45, 2.75) is 72.5 Å². The molecular formula is C40H47Cl2N3O6. The number of aliphatic carboxylic acids is 1. The first kappa shape index (κ1) is 38.2. The lowest BCUT2D eigenvalue weighted by Gasteiger charge is -2.45. The fourth-order valence-electron chi connectivity index (χ4n) is 6.51. The van der Waals surface area contributed by atoms with Crippen LogP contribution in [0, 0.1) is 19.3 Å². The van der Waals surface area contributed by atoms with Crippen molar-refractivity contribution in [2.24, 2.45) is 5.41 Å². The van der Waals surface area contributed by atoms with Gasteiger partial charge >= 0.3 is 5.97 Å². The maximum absolute atomic E-state index is 14.5. The molecule has 1 saturated heterocycles. The Morgan fingerprint density at radius 2 is 1.65 bits per heavy atom. The van der Waals surface area contributed by atoms with Crippen LogP contribution in [0.4, 0.5) is 0 Å². The Kier molecular flexibility index (Phi) is 12.4. The first-order valence-corrected chi connectivity index (χ1v) is 18.2. The average Bonchev–Trinajstić information content (AvgIpc) is 3.10. The zero-order valence-corrected chi connectivity index (χ0v) is 31.4. The number of halogens is 2. The van der Waals surface area contributed by atoms with Crippen molar-refractivity contribution >= 4 is 46.6 Å². The molecule has 0 aromatic heterocycles. The summed E-state index contributed by atoms with van der Waals surface area (Å²) in [7, 11) is 0. The Balaban J connectivity index is 1.36. The Hall–Kier alpha value is -4.05. The fourth-order valence-corrected chi connectivity index (χ4v) is 6.98. The highest BCUT2D eigenvalue weighted by Gasteiger charge is 2.41. The van der Waals surface area contributed by atoms with Crippen molar-refractivity contribution in [2.75, 3.05) is 32.8 Å². The molecule has 2 aliphatic heterocycles. The second kappa shape index (κ2) is 16.5. The largest absolute Gasteiger partial charge is 0.490 e. The van der Waals surface area contributed by atoms with Crippen molar-refractivity contribution < 1.29 is 29.0 Å². The number of carboxylic acids is 1. The lowest BCUT2D eigenvalue weighted by atomic mass is 9.82. The molecule has 2 amide bonds. The number of ether oxygens (including phenoxy) is 2. The highest BCUT2D eigenvalue weighted by molar-refractivity contribution is 6.32. The molecule has 272 valence electrons. The lowest BCUT2D eigenvalue weighted by Crippen LogP contribution is -2.62. The summed E-state index contributed by atoms with van der Waals surface area (Å²) in [5.74, 6) is 0.139. The SMILES string of the molecule is CCN(Cc1ccccc1Cl)C(=O)C1=C(c2ccc(OCCOc3cc(C)c(C)cc3Cl)cc2)C[C@@H]2CN(C(=O)CCC(C)(C)C(=O)O)C[C@H]1N2. The number of fused-ring (bicyclic) bond motifs is 2. The normalized spacial score (nSPS) is 17.3. The van der Waals surface area contributed by atoms with Crippen LogP contribution in [0.1, 0.15) is 62.3 Å². The summed E-state index contributed by atoms with van der Waals surface area (Å²) >= 11 is 12.9. The monoisotopic (exact) mass is 735 g/mol. The molecule has 0 radical (unpaired) electrons. The summed E-state index contributed by atoms with van der Waals surface area (Å²) in [6.07, 6.45) is 0.890. The van der Waals surface area contributed by atoms with Crippen molar-refractivity contribution in [3.63, 3.8) is 0 Å². The molecule has 0 spiro atoms. The van der Waals surface area contributed by atoms with E-state index in [4.69, 9.17) is 32.7 Å². The van der Waals surface area contributed by atoms with Crippen molar-refractivity contribution in [1.82, 2.24) is 15.1 Å². The molecule has 3 aromatic carbocycles. The van der Waals surface area contributed by atoms with Crippen LogP contribution in [0.15, 0.2) is 66.2 Å². The van der Waals surface area contributed by atoms with Crippen LogP contribution in [-0.2, 0) is 20.9 Å². The Morgan fingerprint density at radius 3 is 2.33 bits per heavy atom. The van der Waals surface area contributed by atoms with Gasteiger partial charge in [0, 0.05) is 49.2 Å². The first-order valence-electron chi connectivity index (χ1n) is 17.4. The number of carbonyl (C=O) groups excluding carboxylic acids is 2. The number of carboxylic acid groups (broad SMARTS) is 1. The second-order valence-electron chi connectivity index (χ2n) is 14.0. The summed E-state index contributed by atoms with van der Waals surface area (Å²) in [5.41, 5.74) is 4.52. The molecule has 0 unspecified atom stereocenters. The van der Waals surface area contributed by atoms with Gasteiger partial charge in [-0.1, -0.05) is 53.5 Å². The molecule has 2 bridgehead atoms. The van der Waals surface area contributed by atoms with E-state index in [1.807, 2.05) is 81.4 Å². The van der Waals surface area contributed by atoms with Gasteiger partial charge in [0.15, 0.2) is 0 Å². The molecule has 11 heteroatoms. The Morgan fingerprint density at radius 1 is 0.961 bits per heavy atom. The molecule has 0 aliphatic carbocycles. The van der Waals surface area contributed by atoms with Crippen LogP contribution >= 0.6 is 23.2 Å². The van der Waals surface area contributed by atoms with E-state index in [9.17, 15) is 19.5 Å². The minimum atomic E-state index is -1.01. The van der Waals surface area contributed by atoms with Gasteiger partial charge in [0.25, 0.3) is 5.91 Å². The average molecular weight is 737 g/mol. The van der Waals surface area contributed by atoms with Crippen molar-refractivity contribution in [3.8, 4) is 11.5 Å². The Labute approximate surface area is 310 Å². The fraction of sp³-hybridized carbons (Fsp3) is 0.425. The molecule has 9 nitrogen and oxygen atoms in total. The van der Waals surface area contributed by atoms with Crippen LogP contribution in [0.2, 0.25) is 10.0 Å². The third-order valence-corrected chi connectivity index (χ3v) is 10.5. The summed E-state index contributed by atoms with van der Waals surface area (Å²) in [6.45, 7) is 11.5. The summed E-state index contributed by atoms with van der Waals surface area (Å²) in [5, 5.41) is 14.3. The van der Waals surface area contributed by atoms with Crippen LogP contribution in [0.5, 0.6) is 11.5 Å². The number of amides is 2. The first-order chi connectivity index (χ1) is 24.3. The van der Waals surface area contributed by atoms with Gasteiger partial charge in [0.05, 0.1) is 16.5 Å². The predicted molar refractivity (Wildman–Crippen MR) is 200 cm³/mol. The Bertz CT molecular complexity index is 1790. The molecule has 0 saturated carbocycles. The number of likely N-dealkylation sites (N-methyl/N-ethyl adjacent to an activating group) is 1. The van der Waals surface area contributed by atoms with E-state index >= 15 is 0 Å². The van der Waals surface area contributed by atoms with Gasteiger partial charge in [-0.25, -0.2) is 0 Å². The summed E-state index contributed by atoms with van der Waals surface area (Å²) < 4.78 is 11.9. The molecule has 3 aromatic rings. The zero-order chi connectivity index (χ0) is 36.9. The van der Waals surface area contributed by atoms with Gasteiger partial charge in [-0.05, 0) is 106 Å². The number of nitrogens with one attached hydrogen (secondary N) is 1. The zero-order valence-electron chi connectivity index (χ0n) is 29.9. The summed E-state index contributed by atoms with van der Waals surface area (Å²) in [4.78, 5) is 43.2. The molecule has 1 fully saturated rings. The highest BCUT2D eigenvalue weighted by atomic mass is 35.5. The number of carbonyl (C=O) groups is 3. The smallest absolute Gasteiger partial charge is 0.309 e. The molecule has 2 heterocycles. The number of aryl methyl sites for hydroxylation is 2. The van der Waals surface area contributed by atoms with E-state index in [0.29, 0.717) is 72.9 Å². The number of benzene rings is 3. The number of nitrogens with zero attached hydrogens (tertiary/aromatic N) is 2. The number of hydrogen-bond donors (Lipinski definition) is 2. The van der Waals surface area contributed by atoms with Gasteiger partial charge in [-0.15, -0.1) is 0 Å². The van der Waals surface area contributed by atoms with Gasteiger partial charge in [-0.3, -0.25) is 14.4 Å². The van der Waals surface area contributed by atoms with E-state index in [0.717, 1.165) is 27.8 Å². The van der Waals surface area contributed by atoms with Crippen molar-refractivity contribution in [1.29, 1.82) is 0 Å². The number of rotatable bonds is 14. The topological polar surface area (TPSA) is 108 Å². The van der Waals surface area contributed by atoms with Gasteiger partial charge in [0.1, 0.15) is 24.7 Å². The third-order valence-electron chi connectivity index (χ3n) is 9.88. The van der Waals surface area contributed by atoms with Crippen LogP contribution in [-0.4, -0.2) is 77.6 Å². The standard InChI is InChI=1S/C40H47Cl2N3O6/c1-6-44(22-28-9-7-8-10-32(28)41)38(47)37-31(21-29-23-45(24-34(37)43-29)36(46)15-16-40(4,5)39(48)49)27-11-13-30(14-12-27)50-17-18-51-35-20-26(3)25(2)19-33(35)42/h7-14,19-20,29,34,43H,6,15-18,21-24H2,1-5H3,(H,48,49)/t29-,34-/m1/s1. The lowest BCUT2D eigenvalue weighted by molar-refractivity contribution is -0.148. The van der Waals surface area contributed by atoms with Crippen LogP contribution in [0.25, 0.3) is 5.57 Å². The molecule has 5 rings (SSSR count). The molecule has 51 heavy (non-hydrogen) atoms. The van der Waals surface area contributed by atoms with E-state index in [1.165, 1.54) is 0 Å². The minimum Gasteiger partial charge on any atom is -0.490 e. The van der Waals surface area contributed by atoms with E-state index < -0.39 is 17.4 Å². The summed E-state index contributed by atoms with van der Waals surface area (Å²) in [6, 6.07) is 18.6. The van der Waals surface area contributed by atoms with Gasteiger partial charge < -0.3 is 29.7 Å². The van der Waals surface area contributed by atoms with E-state index in [-0.39, 0.29) is 30.7 Å².